The third kappa shape index (κ3) is 6.10. The first-order valence-corrected chi connectivity index (χ1v) is 12.1. The average molecular weight is 478 g/mol. The van der Waals surface area contributed by atoms with Crippen LogP contribution in [0.3, 0.4) is 0 Å². The van der Waals surface area contributed by atoms with E-state index in [1.807, 2.05) is 25.1 Å². The van der Waals surface area contributed by atoms with E-state index in [4.69, 9.17) is 13.9 Å². The van der Waals surface area contributed by atoms with Crippen molar-refractivity contribution in [3.63, 3.8) is 0 Å². The first kappa shape index (κ1) is 24.5. The van der Waals surface area contributed by atoms with Gasteiger partial charge in [0, 0.05) is 17.5 Å². The molecule has 1 N–H and O–H groups in total. The second kappa shape index (κ2) is 10.8. The molecule has 1 heterocycles. The largest absolute Gasteiger partial charge is 0.482 e. The summed E-state index contributed by atoms with van der Waals surface area (Å²) in [4.78, 5) is 37.5. The molecule has 1 aromatic heterocycles. The minimum absolute atomic E-state index is 0.0275. The molecule has 0 saturated heterocycles. The van der Waals surface area contributed by atoms with Crippen LogP contribution in [0.15, 0.2) is 51.7 Å². The van der Waals surface area contributed by atoms with Gasteiger partial charge in [0.15, 0.2) is 6.61 Å². The number of aryl methyl sites for hydroxylation is 1. The number of benzene rings is 2. The Balaban J connectivity index is 1.43. The SMILES string of the molecule is Cc1ccc(C(C)C)c(OCC(=O)Oc2ccc3cc(C(=O)NC4CCCCC4)c(=O)oc3c2)c1. The van der Waals surface area contributed by atoms with Gasteiger partial charge < -0.3 is 19.2 Å². The van der Waals surface area contributed by atoms with Gasteiger partial charge in [0.25, 0.3) is 5.91 Å². The second-order valence-electron chi connectivity index (χ2n) is 9.41. The molecule has 35 heavy (non-hydrogen) atoms. The number of hydrogen-bond donors (Lipinski definition) is 1. The number of esters is 1. The van der Waals surface area contributed by atoms with Gasteiger partial charge in [-0.05, 0) is 61.1 Å². The summed E-state index contributed by atoms with van der Waals surface area (Å²) < 4.78 is 16.5. The summed E-state index contributed by atoms with van der Waals surface area (Å²) in [7, 11) is 0. The number of amides is 1. The van der Waals surface area contributed by atoms with Crippen molar-refractivity contribution >= 4 is 22.8 Å². The van der Waals surface area contributed by atoms with Gasteiger partial charge in [-0.1, -0.05) is 45.2 Å². The summed E-state index contributed by atoms with van der Waals surface area (Å²) in [6.07, 6.45) is 5.17. The quantitative estimate of drug-likeness (QED) is 0.283. The van der Waals surface area contributed by atoms with Crippen LogP contribution in [0, 0.1) is 6.92 Å². The van der Waals surface area contributed by atoms with Crippen LogP contribution in [-0.2, 0) is 4.79 Å². The average Bonchev–Trinajstić information content (AvgIpc) is 2.82. The van der Waals surface area contributed by atoms with Crippen LogP contribution in [0.4, 0.5) is 0 Å². The zero-order chi connectivity index (χ0) is 24.9. The van der Waals surface area contributed by atoms with Crippen molar-refractivity contribution in [2.24, 2.45) is 0 Å². The predicted octanol–water partition coefficient (Wildman–Crippen LogP) is 5.27. The third-order valence-electron chi connectivity index (χ3n) is 6.26. The maximum Gasteiger partial charge on any atom is 0.349 e. The highest BCUT2D eigenvalue weighted by Gasteiger charge is 2.20. The fraction of sp³-hybridized carbons (Fsp3) is 0.393. The molecule has 4 rings (SSSR count). The molecule has 0 aliphatic heterocycles. The van der Waals surface area contributed by atoms with Crippen molar-refractivity contribution < 1.29 is 23.5 Å². The number of hydrogen-bond acceptors (Lipinski definition) is 6. The van der Waals surface area contributed by atoms with Crippen molar-refractivity contribution in [1.29, 1.82) is 0 Å². The highest BCUT2D eigenvalue weighted by atomic mass is 16.6. The molecule has 1 fully saturated rings. The van der Waals surface area contributed by atoms with E-state index in [0.29, 0.717) is 11.1 Å². The lowest BCUT2D eigenvalue weighted by Crippen LogP contribution is -2.38. The van der Waals surface area contributed by atoms with Crippen LogP contribution in [0.25, 0.3) is 11.0 Å². The lowest BCUT2D eigenvalue weighted by atomic mass is 9.95. The molecule has 0 unspecified atom stereocenters. The molecule has 1 amide bonds. The summed E-state index contributed by atoms with van der Waals surface area (Å²) in [5.41, 5.74) is 1.53. The van der Waals surface area contributed by atoms with E-state index >= 15 is 0 Å². The smallest absolute Gasteiger partial charge is 0.349 e. The first-order valence-electron chi connectivity index (χ1n) is 12.1. The van der Waals surface area contributed by atoms with Crippen molar-refractivity contribution in [2.75, 3.05) is 6.61 Å². The van der Waals surface area contributed by atoms with Gasteiger partial charge in [-0.2, -0.15) is 0 Å². The molecule has 7 heteroatoms. The number of nitrogens with one attached hydrogen (secondary N) is 1. The van der Waals surface area contributed by atoms with Gasteiger partial charge in [0.05, 0.1) is 0 Å². The van der Waals surface area contributed by atoms with Crippen LogP contribution in [-0.4, -0.2) is 24.5 Å². The topological polar surface area (TPSA) is 94.8 Å². The lowest BCUT2D eigenvalue weighted by molar-refractivity contribution is -0.136. The van der Waals surface area contributed by atoms with Crippen molar-refractivity contribution in [1.82, 2.24) is 5.32 Å². The van der Waals surface area contributed by atoms with Crippen molar-refractivity contribution in [3.05, 3.63) is 69.6 Å². The maximum atomic E-state index is 12.6. The monoisotopic (exact) mass is 477 g/mol. The van der Waals surface area contributed by atoms with E-state index in [9.17, 15) is 14.4 Å². The summed E-state index contributed by atoms with van der Waals surface area (Å²) in [5, 5.41) is 3.50. The molecular formula is C28H31NO6. The fourth-order valence-electron chi connectivity index (χ4n) is 4.36. The third-order valence-corrected chi connectivity index (χ3v) is 6.26. The Kier molecular flexibility index (Phi) is 7.54. The van der Waals surface area contributed by atoms with E-state index in [1.54, 1.807) is 12.1 Å². The molecule has 0 radical (unpaired) electrons. The van der Waals surface area contributed by atoms with Crippen molar-refractivity contribution in [2.45, 2.75) is 64.8 Å². The van der Waals surface area contributed by atoms with Crippen LogP contribution in [0.1, 0.15) is 73.4 Å². The standard InChI is InChI=1S/C28H31NO6/c1-17(2)22-12-9-18(3)13-25(22)33-16-26(30)34-21-11-10-19-14-23(28(32)35-24(19)15-21)27(31)29-20-7-5-4-6-8-20/h9-15,17,20H,4-8,16H2,1-3H3,(H,29,31). The van der Waals surface area contributed by atoms with Gasteiger partial charge in [-0.25, -0.2) is 9.59 Å². The molecule has 1 saturated carbocycles. The van der Waals surface area contributed by atoms with Crippen LogP contribution >= 0.6 is 0 Å². The molecule has 3 aromatic rings. The normalized spacial score (nSPS) is 14.2. The molecule has 7 nitrogen and oxygen atoms in total. The predicted molar refractivity (Wildman–Crippen MR) is 133 cm³/mol. The Labute approximate surface area is 204 Å². The lowest BCUT2D eigenvalue weighted by Gasteiger charge is -2.22. The van der Waals surface area contributed by atoms with E-state index in [1.165, 1.54) is 18.6 Å². The van der Waals surface area contributed by atoms with Gasteiger partial charge in [0.1, 0.15) is 22.6 Å². The van der Waals surface area contributed by atoms with Gasteiger partial charge in [-0.3, -0.25) is 4.79 Å². The summed E-state index contributed by atoms with van der Waals surface area (Å²) in [5.74, 6) is 0.130. The number of fused-ring (bicyclic) bond motifs is 1. The molecule has 0 bridgehead atoms. The van der Waals surface area contributed by atoms with E-state index in [-0.39, 0.29) is 35.5 Å². The highest BCUT2D eigenvalue weighted by molar-refractivity contribution is 5.97. The Morgan fingerprint density at radius 2 is 1.83 bits per heavy atom. The Bertz CT molecular complexity index is 1290. The Hall–Kier alpha value is -3.61. The van der Waals surface area contributed by atoms with Crippen LogP contribution in [0.5, 0.6) is 11.5 Å². The molecule has 0 atom stereocenters. The van der Waals surface area contributed by atoms with E-state index < -0.39 is 17.5 Å². The fourth-order valence-corrected chi connectivity index (χ4v) is 4.36. The van der Waals surface area contributed by atoms with Crippen LogP contribution < -0.4 is 20.4 Å². The van der Waals surface area contributed by atoms with Gasteiger partial charge in [0.2, 0.25) is 0 Å². The summed E-state index contributed by atoms with van der Waals surface area (Å²) in [6.45, 7) is 5.82. The summed E-state index contributed by atoms with van der Waals surface area (Å²) in [6, 6.07) is 12.2. The number of ether oxygens (including phenoxy) is 2. The number of rotatable bonds is 7. The van der Waals surface area contributed by atoms with Crippen LogP contribution in [0.2, 0.25) is 0 Å². The minimum atomic E-state index is -0.724. The maximum absolute atomic E-state index is 12.6. The zero-order valence-electron chi connectivity index (χ0n) is 20.4. The molecule has 1 aliphatic rings. The Morgan fingerprint density at radius 3 is 2.57 bits per heavy atom. The summed E-state index contributed by atoms with van der Waals surface area (Å²) >= 11 is 0. The van der Waals surface area contributed by atoms with E-state index in [0.717, 1.165) is 36.8 Å². The molecule has 1 aliphatic carbocycles. The highest BCUT2D eigenvalue weighted by Crippen LogP contribution is 2.28. The number of carbonyl (C=O) groups excluding carboxylic acids is 2. The van der Waals surface area contributed by atoms with Gasteiger partial charge in [-0.15, -0.1) is 0 Å². The van der Waals surface area contributed by atoms with Gasteiger partial charge >= 0.3 is 11.6 Å². The molecule has 2 aromatic carbocycles. The van der Waals surface area contributed by atoms with E-state index in [2.05, 4.69) is 19.2 Å². The minimum Gasteiger partial charge on any atom is -0.482 e. The second-order valence-corrected chi connectivity index (χ2v) is 9.41. The number of carbonyl (C=O) groups is 2. The molecule has 0 spiro atoms. The van der Waals surface area contributed by atoms with Crippen molar-refractivity contribution in [3.8, 4) is 11.5 Å². The zero-order valence-corrected chi connectivity index (χ0v) is 20.4. The Morgan fingerprint density at radius 1 is 1.06 bits per heavy atom. The molecule has 184 valence electrons. The molecular weight excluding hydrogens is 446 g/mol. The first-order chi connectivity index (χ1) is 16.8.